The van der Waals surface area contributed by atoms with Crippen LogP contribution >= 0.6 is 11.6 Å². The van der Waals surface area contributed by atoms with E-state index in [4.69, 9.17) is 17.3 Å². The zero-order valence-electron chi connectivity index (χ0n) is 12.1. The van der Waals surface area contributed by atoms with Crippen molar-refractivity contribution in [3.05, 3.63) is 88.7 Å². The summed E-state index contributed by atoms with van der Waals surface area (Å²) in [5, 5.41) is 0.274. The quantitative estimate of drug-likeness (QED) is 0.546. The Morgan fingerprint density at radius 1 is 0.913 bits per heavy atom. The highest BCUT2D eigenvalue weighted by molar-refractivity contribution is 6.31. The number of carbonyl (C=O) groups is 1. The van der Waals surface area contributed by atoms with Crippen LogP contribution in [0.25, 0.3) is 11.1 Å². The summed E-state index contributed by atoms with van der Waals surface area (Å²) in [7, 11) is 0. The molecule has 0 amide bonds. The number of halogens is 2. The summed E-state index contributed by atoms with van der Waals surface area (Å²) in [6.07, 6.45) is 0. The molecule has 0 spiro atoms. The van der Waals surface area contributed by atoms with Crippen molar-refractivity contribution in [2.24, 2.45) is 0 Å². The Kier molecular flexibility index (Phi) is 4.13. The first-order valence-electron chi connectivity index (χ1n) is 7.01. The van der Waals surface area contributed by atoms with E-state index in [0.717, 1.165) is 0 Å². The fourth-order valence-electron chi connectivity index (χ4n) is 2.38. The van der Waals surface area contributed by atoms with Gasteiger partial charge in [-0.15, -0.1) is 0 Å². The summed E-state index contributed by atoms with van der Waals surface area (Å²) < 4.78 is 13.7. The molecular weight excluding hydrogens is 313 g/mol. The SMILES string of the molecule is Nc1c(F)cc(Cl)cc1-c1ccc(C(=O)c2ccccc2)cc1. The molecular formula is C19H13ClFNO. The molecule has 2 nitrogen and oxygen atoms in total. The molecule has 0 atom stereocenters. The molecule has 0 aliphatic heterocycles. The molecule has 114 valence electrons. The molecule has 0 bridgehead atoms. The number of carbonyl (C=O) groups excluding carboxylic acids is 1. The number of benzene rings is 3. The second-order valence-corrected chi connectivity index (χ2v) is 5.56. The van der Waals surface area contributed by atoms with Gasteiger partial charge in [0.15, 0.2) is 5.78 Å². The Balaban J connectivity index is 1.96. The number of hydrogen-bond donors (Lipinski definition) is 1. The molecule has 0 unspecified atom stereocenters. The summed E-state index contributed by atoms with van der Waals surface area (Å²) in [6, 6.07) is 18.7. The predicted octanol–water partition coefficient (Wildman–Crippen LogP) is 4.96. The normalized spacial score (nSPS) is 10.5. The second kappa shape index (κ2) is 6.23. The van der Waals surface area contributed by atoms with Gasteiger partial charge in [-0.05, 0) is 17.7 Å². The van der Waals surface area contributed by atoms with E-state index in [-0.39, 0.29) is 16.5 Å². The molecule has 3 aromatic carbocycles. The predicted molar refractivity (Wildman–Crippen MR) is 91.1 cm³/mol. The number of rotatable bonds is 3. The fourth-order valence-corrected chi connectivity index (χ4v) is 2.59. The van der Waals surface area contributed by atoms with E-state index in [9.17, 15) is 9.18 Å². The van der Waals surface area contributed by atoms with Crippen LogP contribution in [0.15, 0.2) is 66.7 Å². The average Bonchev–Trinajstić information content (AvgIpc) is 2.58. The lowest BCUT2D eigenvalue weighted by Crippen LogP contribution is -2.01. The maximum Gasteiger partial charge on any atom is 0.193 e. The molecule has 3 aromatic rings. The van der Waals surface area contributed by atoms with Crippen LogP contribution in [-0.4, -0.2) is 5.78 Å². The Labute approximate surface area is 138 Å². The highest BCUT2D eigenvalue weighted by atomic mass is 35.5. The molecule has 2 N–H and O–H groups in total. The summed E-state index contributed by atoms with van der Waals surface area (Å²) in [5.74, 6) is -0.626. The number of nitrogens with two attached hydrogens (primary N) is 1. The second-order valence-electron chi connectivity index (χ2n) is 5.12. The van der Waals surface area contributed by atoms with Gasteiger partial charge >= 0.3 is 0 Å². The van der Waals surface area contributed by atoms with Gasteiger partial charge < -0.3 is 5.73 Å². The Morgan fingerprint density at radius 2 is 1.52 bits per heavy atom. The Hall–Kier alpha value is -2.65. The summed E-state index contributed by atoms with van der Waals surface area (Å²) >= 11 is 5.88. The van der Waals surface area contributed by atoms with Crippen molar-refractivity contribution in [1.82, 2.24) is 0 Å². The van der Waals surface area contributed by atoms with E-state index < -0.39 is 5.82 Å². The van der Waals surface area contributed by atoms with E-state index >= 15 is 0 Å². The number of hydrogen-bond acceptors (Lipinski definition) is 2. The molecule has 0 heterocycles. The first kappa shape index (κ1) is 15.3. The van der Waals surface area contributed by atoms with Crippen molar-refractivity contribution >= 4 is 23.1 Å². The van der Waals surface area contributed by atoms with Crippen molar-refractivity contribution in [2.45, 2.75) is 0 Å². The van der Waals surface area contributed by atoms with Crippen LogP contribution in [0, 0.1) is 5.82 Å². The third-order valence-electron chi connectivity index (χ3n) is 3.59. The third-order valence-corrected chi connectivity index (χ3v) is 3.81. The number of anilines is 1. The highest BCUT2D eigenvalue weighted by Crippen LogP contribution is 2.31. The van der Waals surface area contributed by atoms with Gasteiger partial charge in [0.05, 0.1) is 5.69 Å². The first-order valence-corrected chi connectivity index (χ1v) is 7.39. The molecule has 0 saturated carbocycles. The van der Waals surface area contributed by atoms with Gasteiger partial charge in [0.25, 0.3) is 0 Å². The van der Waals surface area contributed by atoms with Crippen LogP contribution in [-0.2, 0) is 0 Å². The zero-order chi connectivity index (χ0) is 16.4. The Morgan fingerprint density at radius 3 is 2.17 bits per heavy atom. The lowest BCUT2D eigenvalue weighted by atomic mass is 9.98. The molecule has 0 saturated heterocycles. The van der Waals surface area contributed by atoms with Crippen LogP contribution in [0.2, 0.25) is 5.02 Å². The van der Waals surface area contributed by atoms with Crippen LogP contribution in [0.4, 0.5) is 10.1 Å². The first-order chi connectivity index (χ1) is 11.1. The van der Waals surface area contributed by atoms with Gasteiger partial charge in [-0.1, -0.05) is 66.2 Å². The highest BCUT2D eigenvalue weighted by Gasteiger charge is 2.12. The minimum absolute atomic E-state index is 0.0385. The van der Waals surface area contributed by atoms with E-state index in [2.05, 4.69) is 0 Å². The van der Waals surface area contributed by atoms with Crippen LogP contribution in [0.1, 0.15) is 15.9 Å². The van der Waals surface area contributed by atoms with E-state index in [0.29, 0.717) is 22.3 Å². The van der Waals surface area contributed by atoms with Crippen LogP contribution in [0.5, 0.6) is 0 Å². The van der Waals surface area contributed by atoms with Crippen LogP contribution < -0.4 is 5.73 Å². The largest absolute Gasteiger partial charge is 0.396 e. The van der Waals surface area contributed by atoms with E-state index in [1.807, 2.05) is 18.2 Å². The third kappa shape index (κ3) is 3.10. The minimum Gasteiger partial charge on any atom is -0.396 e. The van der Waals surface area contributed by atoms with Crippen LogP contribution in [0.3, 0.4) is 0 Å². The summed E-state index contributed by atoms with van der Waals surface area (Å²) in [5.41, 5.74) is 8.20. The molecule has 3 rings (SSSR count). The zero-order valence-corrected chi connectivity index (χ0v) is 12.8. The van der Waals surface area contributed by atoms with Gasteiger partial charge in [0.2, 0.25) is 0 Å². The lowest BCUT2D eigenvalue weighted by molar-refractivity contribution is 0.103. The van der Waals surface area contributed by atoms with Crippen molar-refractivity contribution in [3.63, 3.8) is 0 Å². The van der Waals surface area contributed by atoms with E-state index in [1.165, 1.54) is 6.07 Å². The smallest absolute Gasteiger partial charge is 0.193 e. The van der Waals surface area contributed by atoms with Gasteiger partial charge in [0.1, 0.15) is 5.82 Å². The summed E-state index contributed by atoms with van der Waals surface area (Å²) in [6.45, 7) is 0. The van der Waals surface area contributed by atoms with Crippen molar-refractivity contribution < 1.29 is 9.18 Å². The van der Waals surface area contributed by atoms with Gasteiger partial charge in [-0.3, -0.25) is 4.79 Å². The minimum atomic E-state index is -0.558. The average molecular weight is 326 g/mol. The lowest BCUT2D eigenvalue weighted by Gasteiger charge is -2.09. The van der Waals surface area contributed by atoms with Gasteiger partial charge in [-0.25, -0.2) is 4.39 Å². The molecule has 0 fully saturated rings. The van der Waals surface area contributed by atoms with Gasteiger partial charge in [0, 0.05) is 21.7 Å². The standard InChI is InChI=1S/C19H13ClFNO/c20-15-10-16(18(22)17(21)11-15)12-6-8-14(9-7-12)19(23)13-4-2-1-3-5-13/h1-11H,22H2. The molecule has 0 aliphatic carbocycles. The fraction of sp³-hybridized carbons (Fsp3) is 0. The van der Waals surface area contributed by atoms with Crippen molar-refractivity contribution in [3.8, 4) is 11.1 Å². The topological polar surface area (TPSA) is 43.1 Å². The van der Waals surface area contributed by atoms with Crippen molar-refractivity contribution in [2.75, 3.05) is 5.73 Å². The summed E-state index contributed by atoms with van der Waals surface area (Å²) in [4.78, 5) is 12.4. The molecule has 23 heavy (non-hydrogen) atoms. The number of nitrogen functional groups attached to an aromatic ring is 1. The molecule has 0 aliphatic rings. The maximum absolute atomic E-state index is 13.7. The van der Waals surface area contributed by atoms with E-state index in [1.54, 1.807) is 42.5 Å². The molecule has 0 aromatic heterocycles. The Bertz CT molecular complexity index is 861. The monoisotopic (exact) mass is 325 g/mol. The van der Waals surface area contributed by atoms with Gasteiger partial charge in [-0.2, -0.15) is 0 Å². The molecule has 4 heteroatoms. The molecule has 0 radical (unpaired) electrons. The van der Waals surface area contributed by atoms with Crippen molar-refractivity contribution in [1.29, 1.82) is 0 Å². The maximum atomic E-state index is 13.7. The number of ketones is 1.